The van der Waals surface area contributed by atoms with Crippen molar-refractivity contribution in [1.29, 1.82) is 0 Å². The van der Waals surface area contributed by atoms with Gasteiger partial charge in [-0.1, -0.05) is 39.0 Å². The summed E-state index contributed by atoms with van der Waals surface area (Å²) in [6.45, 7) is 11.0. The van der Waals surface area contributed by atoms with Crippen LogP contribution in [0, 0.1) is 0 Å². The van der Waals surface area contributed by atoms with Gasteiger partial charge in [-0.05, 0) is 18.6 Å². The van der Waals surface area contributed by atoms with E-state index in [1.54, 1.807) is 11.3 Å². The predicted molar refractivity (Wildman–Crippen MR) is 103 cm³/mol. The standard InChI is InChI=1S/C20H27N3OS/c1-20(2,3)19-21-17(15-25-19)14-22-10-7-11-23(13-12-22)18(24)16-8-5-4-6-9-16/h4-6,8-9,15H,7,10-14H2,1-3H3. The highest BCUT2D eigenvalue weighted by atomic mass is 32.1. The molecule has 0 spiro atoms. The normalized spacial score (nSPS) is 16.7. The van der Waals surface area contributed by atoms with E-state index in [1.165, 1.54) is 5.01 Å². The highest BCUT2D eigenvalue weighted by Gasteiger charge is 2.22. The van der Waals surface area contributed by atoms with Gasteiger partial charge in [-0.25, -0.2) is 4.98 Å². The van der Waals surface area contributed by atoms with Gasteiger partial charge in [0, 0.05) is 49.1 Å². The molecule has 0 N–H and O–H groups in total. The van der Waals surface area contributed by atoms with Crippen LogP contribution in [0.1, 0.15) is 48.3 Å². The molecule has 0 aliphatic carbocycles. The Hall–Kier alpha value is -1.72. The van der Waals surface area contributed by atoms with Crippen LogP contribution < -0.4 is 0 Å². The topological polar surface area (TPSA) is 36.4 Å². The second-order valence-electron chi connectivity index (χ2n) is 7.68. The molecule has 1 aliphatic heterocycles. The van der Waals surface area contributed by atoms with Crippen LogP contribution in [0.25, 0.3) is 0 Å². The van der Waals surface area contributed by atoms with Crippen LogP contribution >= 0.6 is 11.3 Å². The highest BCUT2D eigenvalue weighted by Crippen LogP contribution is 2.26. The Kier molecular flexibility index (Phi) is 5.54. The lowest BCUT2D eigenvalue weighted by Crippen LogP contribution is -2.35. The van der Waals surface area contributed by atoms with E-state index in [-0.39, 0.29) is 11.3 Å². The van der Waals surface area contributed by atoms with Gasteiger partial charge >= 0.3 is 0 Å². The molecule has 1 aromatic carbocycles. The molecule has 134 valence electrons. The lowest BCUT2D eigenvalue weighted by atomic mass is 9.98. The first-order valence-corrected chi connectivity index (χ1v) is 9.83. The molecule has 2 aromatic rings. The summed E-state index contributed by atoms with van der Waals surface area (Å²) in [6.07, 6.45) is 1.01. The van der Waals surface area contributed by atoms with Crippen molar-refractivity contribution in [2.75, 3.05) is 26.2 Å². The number of carbonyl (C=O) groups is 1. The molecule has 0 unspecified atom stereocenters. The van der Waals surface area contributed by atoms with Gasteiger partial charge in [-0.15, -0.1) is 11.3 Å². The summed E-state index contributed by atoms with van der Waals surface area (Å²) < 4.78 is 0. The molecule has 1 aromatic heterocycles. The van der Waals surface area contributed by atoms with Crippen molar-refractivity contribution in [2.45, 2.75) is 39.2 Å². The molecular formula is C20H27N3OS. The quantitative estimate of drug-likeness (QED) is 0.838. The van der Waals surface area contributed by atoms with E-state index in [9.17, 15) is 4.79 Å². The van der Waals surface area contributed by atoms with Crippen molar-refractivity contribution >= 4 is 17.2 Å². The SMILES string of the molecule is CC(C)(C)c1nc(CN2CCCN(C(=O)c3ccccc3)CC2)cs1. The largest absolute Gasteiger partial charge is 0.337 e. The summed E-state index contributed by atoms with van der Waals surface area (Å²) in [7, 11) is 0. The second-order valence-corrected chi connectivity index (χ2v) is 8.54. The van der Waals surface area contributed by atoms with E-state index in [2.05, 4.69) is 31.1 Å². The maximum atomic E-state index is 12.6. The van der Waals surface area contributed by atoms with Gasteiger partial charge in [0.05, 0.1) is 10.7 Å². The first-order valence-electron chi connectivity index (χ1n) is 8.95. The number of hydrogen-bond donors (Lipinski definition) is 0. The fourth-order valence-corrected chi connectivity index (χ4v) is 3.95. The predicted octanol–water partition coefficient (Wildman–Crippen LogP) is 3.79. The Morgan fingerprint density at radius 1 is 1.12 bits per heavy atom. The van der Waals surface area contributed by atoms with Gasteiger partial charge < -0.3 is 4.90 Å². The minimum atomic E-state index is 0.112. The molecule has 0 bridgehead atoms. The molecule has 1 aliphatic rings. The van der Waals surface area contributed by atoms with Crippen molar-refractivity contribution < 1.29 is 4.79 Å². The third kappa shape index (κ3) is 4.67. The number of amides is 1. The number of nitrogens with zero attached hydrogens (tertiary/aromatic N) is 3. The van der Waals surface area contributed by atoms with Crippen LogP contribution in [0.2, 0.25) is 0 Å². The van der Waals surface area contributed by atoms with E-state index < -0.39 is 0 Å². The summed E-state index contributed by atoms with van der Waals surface area (Å²) in [5.74, 6) is 0.145. The molecule has 2 heterocycles. The molecule has 1 fully saturated rings. The average molecular weight is 358 g/mol. The number of thiazole rings is 1. The molecule has 0 radical (unpaired) electrons. The van der Waals surface area contributed by atoms with Gasteiger partial charge in [-0.2, -0.15) is 0 Å². The van der Waals surface area contributed by atoms with Gasteiger partial charge in [0.15, 0.2) is 0 Å². The number of rotatable bonds is 3. The Morgan fingerprint density at radius 3 is 2.56 bits per heavy atom. The monoisotopic (exact) mass is 357 g/mol. The first-order chi connectivity index (χ1) is 11.9. The summed E-state index contributed by atoms with van der Waals surface area (Å²) in [5, 5.41) is 3.37. The third-order valence-electron chi connectivity index (χ3n) is 4.48. The number of benzene rings is 1. The van der Waals surface area contributed by atoms with E-state index in [4.69, 9.17) is 4.98 Å². The summed E-state index contributed by atoms with van der Waals surface area (Å²) in [4.78, 5) is 21.8. The molecule has 25 heavy (non-hydrogen) atoms. The van der Waals surface area contributed by atoms with E-state index >= 15 is 0 Å². The molecule has 1 saturated heterocycles. The van der Waals surface area contributed by atoms with Crippen molar-refractivity contribution in [3.63, 3.8) is 0 Å². The molecule has 5 heteroatoms. The zero-order valence-electron chi connectivity index (χ0n) is 15.4. The fourth-order valence-electron chi connectivity index (χ4n) is 3.05. The Bertz CT molecular complexity index is 705. The summed E-state index contributed by atoms with van der Waals surface area (Å²) in [5.41, 5.74) is 2.05. The minimum Gasteiger partial charge on any atom is -0.337 e. The van der Waals surface area contributed by atoms with Crippen molar-refractivity contribution in [1.82, 2.24) is 14.8 Å². The van der Waals surface area contributed by atoms with Crippen LogP contribution in [-0.4, -0.2) is 46.9 Å². The Balaban J connectivity index is 1.58. The van der Waals surface area contributed by atoms with Gasteiger partial charge in [0.1, 0.15) is 0 Å². The van der Waals surface area contributed by atoms with E-state index in [1.807, 2.05) is 35.2 Å². The summed E-state index contributed by atoms with van der Waals surface area (Å²) >= 11 is 1.75. The molecule has 0 atom stereocenters. The molecular weight excluding hydrogens is 330 g/mol. The molecule has 4 nitrogen and oxygen atoms in total. The number of aromatic nitrogens is 1. The summed E-state index contributed by atoms with van der Waals surface area (Å²) in [6, 6.07) is 9.59. The number of carbonyl (C=O) groups excluding carboxylic acids is 1. The van der Waals surface area contributed by atoms with Crippen molar-refractivity contribution in [3.8, 4) is 0 Å². The second kappa shape index (κ2) is 7.67. The molecule has 3 rings (SSSR count). The first kappa shape index (κ1) is 18.1. The van der Waals surface area contributed by atoms with Crippen molar-refractivity contribution in [2.24, 2.45) is 0 Å². The minimum absolute atomic E-state index is 0.112. The molecule has 0 saturated carbocycles. The maximum Gasteiger partial charge on any atom is 0.253 e. The van der Waals surface area contributed by atoms with Crippen LogP contribution in [0.5, 0.6) is 0 Å². The third-order valence-corrected chi connectivity index (χ3v) is 5.79. The lowest BCUT2D eigenvalue weighted by Gasteiger charge is -2.21. The van der Waals surface area contributed by atoms with Crippen LogP contribution in [0.15, 0.2) is 35.7 Å². The van der Waals surface area contributed by atoms with Crippen LogP contribution in [0.4, 0.5) is 0 Å². The van der Waals surface area contributed by atoms with E-state index in [0.717, 1.165) is 50.4 Å². The Labute approximate surface area is 154 Å². The number of hydrogen-bond acceptors (Lipinski definition) is 4. The lowest BCUT2D eigenvalue weighted by molar-refractivity contribution is 0.0761. The smallest absolute Gasteiger partial charge is 0.253 e. The zero-order chi connectivity index (χ0) is 17.9. The molecule has 1 amide bonds. The van der Waals surface area contributed by atoms with Crippen molar-refractivity contribution in [3.05, 3.63) is 52.0 Å². The highest BCUT2D eigenvalue weighted by molar-refractivity contribution is 7.09. The van der Waals surface area contributed by atoms with E-state index in [0.29, 0.717) is 0 Å². The van der Waals surface area contributed by atoms with Crippen LogP contribution in [0.3, 0.4) is 0 Å². The fraction of sp³-hybridized carbons (Fsp3) is 0.500. The van der Waals surface area contributed by atoms with Gasteiger partial charge in [-0.3, -0.25) is 9.69 Å². The zero-order valence-corrected chi connectivity index (χ0v) is 16.2. The van der Waals surface area contributed by atoms with Crippen LogP contribution in [-0.2, 0) is 12.0 Å². The van der Waals surface area contributed by atoms with Gasteiger partial charge in [0.25, 0.3) is 5.91 Å². The van der Waals surface area contributed by atoms with Gasteiger partial charge in [0.2, 0.25) is 0 Å². The Morgan fingerprint density at radius 2 is 1.88 bits per heavy atom. The average Bonchev–Trinajstić information content (AvgIpc) is 2.94. The maximum absolute atomic E-state index is 12.6.